The van der Waals surface area contributed by atoms with Gasteiger partial charge in [-0.25, -0.2) is 18.0 Å². The second kappa shape index (κ2) is 13.7. The number of carbonyl (C=O) groups excluding carboxylic acids is 1. The van der Waals surface area contributed by atoms with E-state index < -0.39 is 38.0 Å². The number of nitrogens with one attached hydrogen (secondary N) is 1. The Hall–Kier alpha value is -1.29. The van der Waals surface area contributed by atoms with E-state index >= 15 is 4.21 Å². The van der Waals surface area contributed by atoms with Crippen LogP contribution >= 0.6 is 11.3 Å². The van der Waals surface area contributed by atoms with E-state index in [1.807, 2.05) is 27.7 Å². The molecule has 1 heterocycles. The molecule has 0 spiro atoms. The van der Waals surface area contributed by atoms with Crippen molar-refractivity contribution in [1.29, 1.82) is 0 Å². The van der Waals surface area contributed by atoms with Crippen molar-refractivity contribution in [3.8, 4) is 0 Å². The number of hydrogen-bond acceptors (Lipinski definition) is 6. The number of hydrogen-bond donors (Lipinski definition) is 2. The molecule has 45 heavy (non-hydrogen) atoms. The van der Waals surface area contributed by atoms with Gasteiger partial charge in [-0.15, -0.1) is 15.7 Å². The van der Waals surface area contributed by atoms with Gasteiger partial charge in [0.25, 0.3) is 5.91 Å². The first-order valence-electron chi connectivity index (χ1n) is 15.8. The molecule has 1 amide bonds. The number of amides is 1. The maximum absolute atomic E-state index is 15.3. The van der Waals surface area contributed by atoms with E-state index in [9.17, 15) is 14.3 Å². The van der Waals surface area contributed by atoms with E-state index in [2.05, 4.69) is 76.5 Å². The molecule has 7 nitrogen and oxygen atoms in total. The molecule has 12 heteroatoms. The lowest BCUT2D eigenvalue weighted by Gasteiger charge is -2.38. The van der Waals surface area contributed by atoms with Crippen LogP contribution in [0.1, 0.15) is 122 Å². The molecule has 1 aromatic heterocycles. The number of aromatic nitrogens is 1. The van der Waals surface area contributed by atoms with Crippen LogP contribution in [0.3, 0.4) is 0 Å². The zero-order chi connectivity index (χ0) is 35.1. The molecule has 1 atom stereocenters. The zero-order valence-electron chi connectivity index (χ0n) is 30.5. The van der Waals surface area contributed by atoms with Gasteiger partial charge in [0, 0.05) is 0 Å². The smallest absolute Gasteiger partial charge is 0.259 e. The van der Waals surface area contributed by atoms with E-state index in [-0.39, 0.29) is 40.8 Å². The predicted octanol–water partition coefficient (Wildman–Crippen LogP) is 9.38. The highest BCUT2D eigenvalue weighted by Crippen LogP contribution is 2.40. The summed E-state index contributed by atoms with van der Waals surface area (Å²) in [6.07, 6.45) is -0.107. The molecule has 0 saturated heterocycles. The van der Waals surface area contributed by atoms with Gasteiger partial charge in [-0.05, 0) is 77.7 Å². The average molecular weight is 700 g/mol. The number of rotatable bonds is 11. The monoisotopic (exact) mass is 699 g/mol. The van der Waals surface area contributed by atoms with Crippen LogP contribution in [0.5, 0.6) is 0 Å². The van der Waals surface area contributed by atoms with Crippen molar-refractivity contribution in [2.24, 2.45) is 4.36 Å². The first kappa shape index (κ1) is 39.9. The van der Waals surface area contributed by atoms with Crippen LogP contribution in [0, 0.1) is 5.82 Å². The topological polar surface area (TPSA) is 101 Å². The number of carbonyl (C=O) groups is 1. The number of nitrogens with zero attached hydrogens (tertiary/aromatic N) is 2. The van der Waals surface area contributed by atoms with Gasteiger partial charge in [0.05, 0.1) is 18.7 Å². The van der Waals surface area contributed by atoms with Crippen LogP contribution in [0.15, 0.2) is 20.7 Å². The van der Waals surface area contributed by atoms with Crippen LogP contribution in [0.2, 0.25) is 36.3 Å². The number of aliphatic hydroxyl groups is 1. The predicted molar refractivity (Wildman–Crippen MR) is 192 cm³/mol. The molecule has 0 bridgehead atoms. The highest BCUT2D eigenvalue weighted by molar-refractivity contribution is 7.95. The van der Waals surface area contributed by atoms with E-state index in [0.29, 0.717) is 14.9 Å². The third-order valence-electron chi connectivity index (χ3n) is 9.17. The lowest BCUT2D eigenvalue weighted by molar-refractivity contribution is -0.117. The van der Waals surface area contributed by atoms with E-state index in [0.717, 1.165) is 28.0 Å². The summed E-state index contributed by atoms with van der Waals surface area (Å²) in [5.74, 6) is -0.943. The summed E-state index contributed by atoms with van der Waals surface area (Å²) in [6.45, 7) is 32.4. The SMILES string of the molecule is CC(C)c1cc(F)cc(C(C)C)c1CC(=O)N=S(=O)(N[Si](C)(C)C(C)(C)C)c1sc(C(C)(C)O)nc1CO[Si](C)(C)C(C)(C)C. The van der Waals surface area contributed by atoms with Crippen molar-refractivity contribution in [2.75, 3.05) is 0 Å². The number of halogens is 1. The summed E-state index contributed by atoms with van der Waals surface area (Å²) in [4.78, 5) is 18.7. The van der Waals surface area contributed by atoms with Gasteiger partial charge in [-0.3, -0.25) is 4.79 Å². The fraction of sp³-hybridized carbons (Fsp3) is 0.697. The third-order valence-corrected chi connectivity index (χ3v) is 23.9. The average Bonchev–Trinajstić information content (AvgIpc) is 3.27. The Bertz CT molecular complexity index is 1480. The number of thiazole rings is 1. The van der Waals surface area contributed by atoms with Crippen molar-refractivity contribution < 1.29 is 22.9 Å². The fourth-order valence-electron chi connectivity index (χ4n) is 4.22. The van der Waals surface area contributed by atoms with Gasteiger partial charge in [0.15, 0.2) is 8.32 Å². The molecule has 1 unspecified atom stereocenters. The van der Waals surface area contributed by atoms with Crippen molar-refractivity contribution in [1.82, 2.24) is 9.37 Å². The van der Waals surface area contributed by atoms with Gasteiger partial charge in [0.1, 0.15) is 38.8 Å². The van der Waals surface area contributed by atoms with Crippen molar-refractivity contribution in [3.63, 3.8) is 0 Å². The molecule has 1 aromatic carbocycles. The third kappa shape index (κ3) is 9.64. The van der Waals surface area contributed by atoms with Gasteiger partial charge < -0.3 is 9.53 Å². The van der Waals surface area contributed by atoms with Crippen molar-refractivity contribution in [2.45, 2.75) is 154 Å². The molecule has 2 aromatic rings. The Morgan fingerprint density at radius 1 is 1.00 bits per heavy atom. The highest BCUT2D eigenvalue weighted by Gasteiger charge is 2.42. The summed E-state index contributed by atoms with van der Waals surface area (Å²) in [5, 5.41) is 11.0. The first-order valence-corrected chi connectivity index (χ1v) is 24.0. The minimum atomic E-state index is -3.58. The van der Waals surface area contributed by atoms with Crippen LogP contribution in [0.4, 0.5) is 4.39 Å². The van der Waals surface area contributed by atoms with Crippen molar-refractivity contribution in [3.05, 3.63) is 45.3 Å². The summed E-state index contributed by atoms with van der Waals surface area (Å²) in [5.41, 5.74) is 1.34. The van der Waals surface area contributed by atoms with E-state index in [1.54, 1.807) is 13.8 Å². The van der Waals surface area contributed by atoms with Crippen LogP contribution in [-0.4, -0.2) is 36.8 Å². The lowest BCUT2D eigenvalue weighted by atomic mass is 9.87. The van der Waals surface area contributed by atoms with Crippen LogP contribution in [0.25, 0.3) is 0 Å². The molecule has 0 fully saturated rings. The summed E-state index contributed by atoms with van der Waals surface area (Å²) < 4.78 is 44.8. The largest absolute Gasteiger partial charge is 0.411 e. The minimum absolute atomic E-state index is 0.0226. The Balaban J connectivity index is 2.87. The first-order chi connectivity index (χ1) is 20.0. The molecule has 0 saturated carbocycles. The second-order valence-electron chi connectivity index (χ2n) is 16.4. The zero-order valence-corrected chi connectivity index (χ0v) is 34.1. The molecular weight excluding hydrogens is 642 g/mol. The normalized spacial score (nSPS) is 15.1. The Morgan fingerprint density at radius 2 is 1.49 bits per heavy atom. The Labute approximate surface area is 278 Å². The van der Waals surface area contributed by atoms with Crippen LogP contribution < -0.4 is 4.39 Å². The molecular formula is C33H58FN3O4S2Si2. The molecule has 256 valence electrons. The van der Waals surface area contributed by atoms with Gasteiger partial charge in [-0.2, -0.15) is 0 Å². The minimum Gasteiger partial charge on any atom is -0.411 e. The molecule has 0 aliphatic heterocycles. The highest BCUT2D eigenvalue weighted by atomic mass is 32.2. The Morgan fingerprint density at radius 3 is 1.89 bits per heavy atom. The maximum Gasteiger partial charge on any atom is 0.259 e. The standard InChI is InChI=1S/C33H58FN3O4S2Si2/c1-21(2)24-17-23(34)18-25(22(3)4)26(24)19-28(38)36-43(40,37-44(13,14)31(5,6)7)29-27(35-30(42-29)33(11,12)39)20-41-45(15,16)32(8,9)10/h17-18,21-22,39H,19-20H2,1-16H3,(H,36,37,38,40). The van der Waals surface area contributed by atoms with E-state index in [4.69, 9.17) is 9.41 Å². The van der Waals surface area contributed by atoms with Gasteiger partial charge in [0.2, 0.25) is 0 Å². The van der Waals surface area contributed by atoms with Gasteiger partial charge in [-0.1, -0.05) is 82.3 Å². The number of benzene rings is 1. The molecule has 2 N–H and O–H groups in total. The molecule has 0 aliphatic rings. The fourth-order valence-corrected chi connectivity index (χ4v) is 12.5. The van der Waals surface area contributed by atoms with Gasteiger partial charge >= 0.3 is 0 Å². The Kier molecular flexibility index (Phi) is 12.1. The summed E-state index contributed by atoms with van der Waals surface area (Å²) in [7, 11) is -8.35. The summed E-state index contributed by atoms with van der Waals surface area (Å²) >= 11 is 1.11. The van der Waals surface area contributed by atoms with Crippen molar-refractivity contribution >= 4 is 43.7 Å². The summed E-state index contributed by atoms with van der Waals surface area (Å²) in [6, 6.07) is 2.97. The molecule has 2 rings (SSSR count). The lowest BCUT2D eigenvalue weighted by Crippen LogP contribution is -2.54. The van der Waals surface area contributed by atoms with E-state index in [1.165, 1.54) is 12.1 Å². The second-order valence-corrected chi connectivity index (χ2v) is 29.7. The van der Waals surface area contributed by atoms with Crippen LogP contribution in [-0.2, 0) is 37.8 Å². The quantitative estimate of drug-likeness (QED) is 0.228. The molecule has 0 radical (unpaired) electrons. The maximum atomic E-state index is 15.3. The molecule has 0 aliphatic carbocycles.